The topological polar surface area (TPSA) is 54.8 Å². The van der Waals surface area contributed by atoms with Gasteiger partial charge in [-0.2, -0.15) is 0 Å². The number of likely N-dealkylation sites (tertiary alicyclic amines) is 1. The van der Waals surface area contributed by atoms with Crippen LogP contribution in [0.5, 0.6) is 17.4 Å². The highest BCUT2D eigenvalue weighted by Gasteiger charge is 2.24. The zero-order chi connectivity index (χ0) is 26.5. The summed E-state index contributed by atoms with van der Waals surface area (Å²) >= 11 is 0. The fourth-order valence-electron chi connectivity index (χ4n) is 5.47. The van der Waals surface area contributed by atoms with E-state index in [0.29, 0.717) is 24.2 Å². The Labute approximate surface area is 222 Å². The Bertz CT molecular complexity index is 1290. The molecular formula is C31H34F2N2O3. The average molecular weight is 521 g/mol. The molecule has 2 aromatic carbocycles. The fourth-order valence-corrected chi connectivity index (χ4v) is 5.47. The van der Waals surface area contributed by atoms with E-state index in [2.05, 4.69) is 28.1 Å². The second-order valence-electron chi connectivity index (χ2n) is 9.84. The molecule has 5 rings (SSSR count). The molecule has 38 heavy (non-hydrogen) atoms. The highest BCUT2D eigenvalue weighted by molar-refractivity contribution is 5.87. The molecule has 2 aliphatic rings. The minimum absolute atomic E-state index is 0.0364. The number of allylic oxidation sites excluding steroid dienone is 1. The van der Waals surface area contributed by atoms with Gasteiger partial charge in [-0.15, -0.1) is 0 Å². The molecule has 1 N–H and O–H groups in total. The Morgan fingerprint density at radius 1 is 1.13 bits per heavy atom. The van der Waals surface area contributed by atoms with Gasteiger partial charge in [0.2, 0.25) is 5.88 Å². The first-order chi connectivity index (χ1) is 18.6. The molecule has 0 spiro atoms. The SMILES string of the molecule is CCOc1ncc(-c2c(O)ccc3c2CCCC=C3c2ccc(O[C@H]3CCN(CCCF)C3)cc2)cc1F. The number of aromatic hydroxyl groups is 1. The molecule has 0 amide bonds. The number of fused-ring (bicyclic) bond motifs is 1. The maximum Gasteiger partial charge on any atom is 0.250 e. The van der Waals surface area contributed by atoms with Crippen molar-refractivity contribution in [1.82, 2.24) is 9.88 Å². The predicted octanol–water partition coefficient (Wildman–Crippen LogP) is 6.57. The molecule has 1 aliphatic carbocycles. The van der Waals surface area contributed by atoms with Crippen molar-refractivity contribution in [3.05, 3.63) is 77.2 Å². The third-order valence-electron chi connectivity index (χ3n) is 7.24. The van der Waals surface area contributed by atoms with Gasteiger partial charge in [0.25, 0.3) is 0 Å². The number of aromatic nitrogens is 1. The lowest BCUT2D eigenvalue weighted by Crippen LogP contribution is -2.26. The van der Waals surface area contributed by atoms with Gasteiger partial charge in [-0.3, -0.25) is 9.29 Å². The largest absolute Gasteiger partial charge is 0.507 e. The van der Waals surface area contributed by atoms with E-state index in [-0.39, 0.29) is 24.4 Å². The first kappa shape index (κ1) is 26.2. The van der Waals surface area contributed by atoms with Crippen molar-refractivity contribution in [2.24, 2.45) is 0 Å². The molecule has 7 heteroatoms. The van der Waals surface area contributed by atoms with Crippen LogP contribution in [-0.2, 0) is 6.42 Å². The predicted molar refractivity (Wildman–Crippen MR) is 145 cm³/mol. The van der Waals surface area contributed by atoms with Gasteiger partial charge in [-0.1, -0.05) is 24.3 Å². The van der Waals surface area contributed by atoms with E-state index in [1.807, 2.05) is 18.2 Å². The summed E-state index contributed by atoms with van der Waals surface area (Å²) in [6.07, 6.45) is 8.01. The van der Waals surface area contributed by atoms with Crippen molar-refractivity contribution < 1.29 is 23.4 Å². The molecule has 1 aliphatic heterocycles. The highest BCUT2D eigenvalue weighted by Crippen LogP contribution is 2.41. The fraction of sp³-hybridized carbons (Fsp3) is 0.387. The molecule has 1 atom stereocenters. The molecule has 5 nitrogen and oxygen atoms in total. The van der Waals surface area contributed by atoms with Crippen LogP contribution in [0.25, 0.3) is 16.7 Å². The summed E-state index contributed by atoms with van der Waals surface area (Å²) in [6.45, 7) is 4.37. The Balaban J connectivity index is 1.39. The van der Waals surface area contributed by atoms with Crippen molar-refractivity contribution >= 4 is 5.57 Å². The number of hydrogen-bond donors (Lipinski definition) is 1. The Morgan fingerprint density at radius 3 is 2.74 bits per heavy atom. The van der Waals surface area contributed by atoms with Crippen LogP contribution in [-0.4, -0.2) is 54.0 Å². The van der Waals surface area contributed by atoms with Crippen molar-refractivity contribution in [3.63, 3.8) is 0 Å². The number of phenols is 1. The number of ether oxygens (including phenoxy) is 2. The summed E-state index contributed by atoms with van der Waals surface area (Å²) in [5.74, 6) is 0.346. The average Bonchev–Trinajstić information content (AvgIpc) is 3.26. The van der Waals surface area contributed by atoms with E-state index >= 15 is 0 Å². The summed E-state index contributed by atoms with van der Waals surface area (Å²) in [5.41, 5.74) is 5.30. The molecule has 2 heterocycles. The van der Waals surface area contributed by atoms with E-state index in [4.69, 9.17) is 9.47 Å². The molecule has 3 aromatic rings. The van der Waals surface area contributed by atoms with Crippen LogP contribution in [0, 0.1) is 5.82 Å². The lowest BCUT2D eigenvalue weighted by Gasteiger charge is -2.18. The summed E-state index contributed by atoms with van der Waals surface area (Å²) in [4.78, 5) is 6.40. The van der Waals surface area contributed by atoms with Crippen LogP contribution in [0.4, 0.5) is 8.78 Å². The van der Waals surface area contributed by atoms with Crippen LogP contribution in [0.2, 0.25) is 0 Å². The van der Waals surface area contributed by atoms with Crippen LogP contribution in [0.3, 0.4) is 0 Å². The van der Waals surface area contributed by atoms with Gasteiger partial charge >= 0.3 is 0 Å². The number of phenolic OH excluding ortho intramolecular Hbond substituents is 1. The van der Waals surface area contributed by atoms with E-state index in [9.17, 15) is 13.9 Å². The van der Waals surface area contributed by atoms with Gasteiger partial charge in [-0.05, 0) is 85.6 Å². The molecule has 200 valence electrons. The van der Waals surface area contributed by atoms with Gasteiger partial charge in [0.15, 0.2) is 5.82 Å². The van der Waals surface area contributed by atoms with E-state index in [1.165, 1.54) is 6.07 Å². The minimum atomic E-state index is -0.547. The molecular weight excluding hydrogens is 486 g/mol. The maximum atomic E-state index is 14.7. The molecule has 0 unspecified atom stereocenters. The lowest BCUT2D eigenvalue weighted by atomic mass is 9.88. The van der Waals surface area contributed by atoms with Crippen molar-refractivity contribution in [2.75, 3.05) is 32.9 Å². The van der Waals surface area contributed by atoms with E-state index < -0.39 is 5.82 Å². The molecule has 0 bridgehead atoms. The third-order valence-corrected chi connectivity index (χ3v) is 7.24. The molecule has 1 saturated heterocycles. The zero-order valence-corrected chi connectivity index (χ0v) is 21.8. The van der Waals surface area contributed by atoms with Crippen LogP contribution in [0.1, 0.15) is 49.3 Å². The van der Waals surface area contributed by atoms with E-state index in [1.54, 1.807) is 19.2 Å². The molecule has 1 aromatic heterocycles. The normalized spacial score (nSPS) is 17.6. The molecule has 1 fully saturated rings. The standard InChI is InChI=1S/C31H34F2N2O3/c1-2-37-31-28(33)18-22(19-34-31)30-27-7-4-3-6-25(26(27)12-13-29(30)36)21-8-10-23(11-9-21)38-24-14-17-35(20-24)16-5-15-32/h6,8-13,18-19,24,36H,2-5,7,14-17,20H2,1H3/t24-/m0/s1. The number of nitrogens with zero attached hydrogens (tertiary/aromatic N) is 2. The summed E-state index contributed by atoms with van der Waals surface area (Å²) in [5, 5.41) is 10.8. The molecule has 0 saturated carbocycles. The van der Waals surface area contributed by atoms with Crippen LogP contribution < -0.4 is 9.47 Å². The van der Waals surface area contributed by atoms with Gasteiger partial charge < -0.3 is 14.6 Å². The van der Waals surface area contributed by atoms with Gasteiger partial charge in [-0.25, -0.2) is 9.37 Å². The van der Waals surface area contributed by atoms with E-state index in [0.717, 1.165) is 73.3 Å². The number of halogens is 2. The number of hydrogen-bond acceptors (Lipinski definition) is 5. The summed E-state index contributed by atoms with van der Waals surface area (Å²) in [7, 11) is 0. The number of alkyl halides is 1. The quantitative estimate of drug-likeness (QED) is 0.346. The van der Waals surface area contributed by atoms with Crippen LogP contribution >= 0.6 is 0 Å². The second kappa shape index (κ2) is 11.9. The Hall–Kier alpha value is -3.45. The Morgan fingerprint density at radius 2 is 1.97 bits per heavy atom. The van der Waals surface area contributed by atoms with Gasteiger partial charge in [0.05, 0.1) is 13.3 Å². The number of rotatable bonds is 9. The number of benzene rings is 2. The summed E-state index contributed by atoms with van der Waals surface area (Å²) < 4.78 is 38.6. The van der Waals surface area contributed by atoms with Crippen molar-refractivity contribution in [2.45, 2.75) is 45.1 Å². The third kappa shape index (κ3) is 5.68. The van der Waals surface area contributed by atoms with Crippen molar-refractivity contribution in [1.29, 1.82) is 0 Å². The minimum Gasteiger partial charge on any atom is -0.507 e. The first-order valence-electron chi connectivity index (χ1n) is 13.5. The Kier molecular flexibility index (Phi) is 8.23. The van der Waals surface area contributed by atoms with Gasteiger partial charge in [0.1, 0.15) is 17.6 Å². The summed E-state index contributed by atoms with van der Waals surface area (Å²) in [6, 6.07) is 13.1. The maximum absolute atomic E-state index is 14.7. The highest BCUT2D eigenvalue weighted by atomic mass is 19.1. The monoisotopic (exact) mass is 520 g/mol. The van der Waals surface area contributed by atoms with Gasteiger partial charge in [0, 0.05) is 37.0 Å². The van der Waals surface area contributed by atoms with Crippen molar-refractivity contribution in [3.8, 4) is 28.5 Å². The number of pyridine rings is 1. The first-order valence-corrected chi connectivity index (χ1v) is 13.5. The lowest BCUT2D eigenvalue weighted by molar-refractivity contribution is 0.198. The smallest absolute Gasteiger partial charge is 0.250 e. The van der Waals surface area contributed by atoms with Crippen LogP contribution in [0.15, 0.2) is 54.7 Å². The molecule has 0 radical (unpaired) electrons. The zero-order valence-electron chi connectivity index (χ0n) is 21.8. The second-order valence-corrected chi connectivity index (χ2v) is 9.84.